The molecule has 2 saturated heterocycles. The zero-order chi connectivity index (χ0) is 13.5. The van der Waals surface area contributed by atoms with E-state index in [1.807, 2.05) is 6.92 Å². The van der Waals surface area contributed by atoms with Crippen LogP contribution in [0.4, 0.5) is 5.82 Å². The summed E-state index contributed by atoms with van der Waals surface area (Å²) in [5.41, 5.74) is 1.07. The Morgan fingerprint density at radius 2 is 1.85 bits per heavy atom. The van der Waals surface area contributed by atoms with Crippen molar-refractivity contribution in [3.63, 3.8) is 0 Å². The van der Waals surface area contributed by atoms with Crippen molar-refractivity contribution in [1.82, 2.24) is 14.9 Å². The van der Waals surface area contributed by atoms with Gasteiger partial charge in [-0.15, -0.1) is 0 Å². The smallest absolute Gasteiger partial charge is 0.132 e. The van der Waals surface area contributed by atoms with Gasteiger partial charge in [0.05, 0.1) is 0 Å². The molecule has 0 aromatic carbocycles. The molecule has 3 heterocycles. The number of aryl methyl sites for hydroxylation is 1. The predicted molar refractivity (Wildman–Crippen MR) is 79.7 cm³/mol. The van der Waals surface area contributed by atoms with E-state index in [1.165, 1.54) is 52.0 Å². The summed E-state index contributed by atoms with van der Waals surface area (Å²) in [6, 6.07) is 2.12. The van der Waals surface area contributed by atoms with Crippen molar-refractivity contribution in [1.29, 1.82) is 0 Å². The average molecular weight is 272 g/mol. The highest BCUT2D eigenvalue weighted by atomic mass is 15.3. The maximum Gasteiger partial charge on any atom is 0.132 e. The van der Waals surface area contributed by atoms with Gasteiger partial charge in [0.25, 0.3) is 0 Å². The molecule has 0 radical (unpaired) electrons. The van der Waals surface area contributed by atoms with Crippen molar-refractivity contribution in [3.8, 4) is 0 Å². The molecule has 3 fully saturated rings. The molecule has 0 amide bonds. The Balaban J connectivity index is 1.36. The van der Waals surface area contributed by atoms with Crippen LogP contribution in [-0.2, 0) is 0 Å². The number of anilines is 1. The fourth-order valence-electron chi connectivity index (χ4n) is 4.08. The van der Waals surface area contributed by atoms with E-state index in [2.05, 4.69) is 25.8 Å². The molecule has 1 aliphatic carbocycles. The van der Waals surface area contributed by atoms with Gasteiger partial charge < -0.3 is 9.80 Å². The van der Waals surface area contributed by atoms with Crippen LogP contribution in [0.5, 0.6) is 0 Å². The number of aromatic nitrogens is 2. The van der Waals surface area contributed by atoms with Gasteiger partial charge in [-0.1, -0.05) is 6.42 Å². The second-order valence-corrected chi connectivity index (χ2v) is 6.96. The molecule has 0 N–H and O–H groups in total. The topological polar surface area (TPSA) is 32.3 Å². The van der Waals surface area contributed by atoms with E-state index in [0.29, 0.717) is 0 Å². The molecule has 4 rings (SSSR count). The third kappa shape index (κ3) is 2.30. The van der Waals surface area contributed by atoms with E-state index in [1.54, 1.807) is 6.33 Å². The minimum Gasteiger partial charge on any atom is -0.356 e. The zero-order valence-corrected chi connectivity index (χ0v) is 12.3. The minimum atomic E-state index is 0.852. The molecule has 20 heavy (non-hydrogen) atoms. The maximum atomic E-state index is 4.44. The Bertz CT molecular complexity index is 471. The van der Waals surface area contributed by atoms with Crippen LogP contribution in [0.15, 0.2) is 12.4 Å². The molecule has 1 aromatic rings. The highest BCUT2D eigenvalue weighted by Crippen LogP contribution is 2.35. The molecule has 2 aliphatic heterocycles. The van der Waals surface area contributed by atoms with Crippen LogP contribution >= 0.6 is 0 Å². The first-order valence-electron chi connectivity index (χ1n) is 8.04. The molecular weight excluding hydrogens is 248 g/mol. The van der Waals surface area contributed by atoms with E-state index in [4.69, 9.17) is 0 Å². The predicted octanol–water partition coefficient (Wildman–Crippen LogP) is 1.95. The quantitative estimate of drug-likeness (QED) is 0.842. The number of fused-ring (bicyclic) bond motifs is 1. The summed E-state index contributed by atoms with van der Waals surface area (Å²) in [5.74, 6) is 3.84. The van der Waals surface area contributed by atoms with Crippen LogP contribution < -0.4 is 4.90 Å². The molecule has 1 aromatic heterocycles. The van der Waals surface area contributed by atoms with Gasteiger partial charge in [-0.2, -0.15) is 0 Å². The van der Waals surface area contributed by atoms with E-state index < -0.39 is 0 Å². The van der Waals surface area contributed by atoms with Crippen LogP contribution in [0.3, 0.4) is 0 Å². The van der Waals surface area contributed by atoms with Crippen LogP contribution in [0.2, 0.25) is 0 Å². The van der Waals surface area contributed by atoms with E-state index in [0.717, 1.165) is 29.3 Å². The van der Waals surface area contributed by atoms with Crippen molar-refractivity contribution in [3.05, 3.63) is 18.1 Å². The second-order valence-electron chi connectivity index (χ2n) is 6.96. The molecule has 1 saturated carbocycles. The number of likely N-dealkylation sites (tertiary alicyclic amines) is 1. The molecule has 2 atom stereocenters. The second kappa shape index (κ2) is 4.99. The highest BCUT2D eigenvalue weighted by molar-refractivity contribution is 5.40. The lowest BCUT2D eigenvalue weighted by Crippen LogP contribution is -2.34. The summed E-state index contributed by atoms with van der Waals surface area (Å²) in [7, 11) is 0. The van der Waals surface area contributed by atoms with Crippen molar-refractivity contribution >= 4 is 5.82 Å². The zero-order valence-electron chi connectivity index (χ0n) is 12.3. The van der Waals surface area contributed by atoms with Crippen molar-refractivity contribution in [2.24, 2.45) is 17.8 Å². The first kappa shape index (κ1) is 12.6. The first-order chi connectivity index (χ1) is 9.78. The van der Waals surface area contributed by atoms with E-state index in [-0.39, 0.29) is 0 Å². The highest BCUT2D eigenvalue weighted by Gasteiger charge is 2.41. The Kier molecular flexibility index (Phi) is 3.14. The molecule has 0 bridgehead atoms. The maximum absolute atomic E-state index is 4.44. The number of nitrogens with zero attached hydrogens (tertiary/aromatic N) is 4. The van der Waals surface area contributed by atoms with Gasteiger partial charge in [0.15, 0.2) is 0 Å². The minimum absolute atomic E-state index is 0.852. The fraction of sp³-hybridized carbons (Fsp3) is 0.750. The number of hydrogen-bond acceptors (Lipinski definition) is 4. The van der Waals surface area contributed by atoms with Gasteiger partial charge >= 0.3 is 0 Å². The molecule has 2 unspecified atom stereocenters. The normalized spacial score (nSPS) is 30.6. The Labute approximate surface area is 121 Å². The van der Waals surface area contributed by atoms with Crippen LogP contribution in [0, 0.1) is 24.7 Å². The number of rotatable bonds is 3. The van der Waals surface area contributed by atoms with Crippen LogP contribution in [0.25, 0.3) is 0 Å². The Morgan fingerprint density at radius 1 is 1.10 bits per heavy atom. The first-order valence-corrected chi connectivity index (χ1v) is 8.04. The molecule has 4 heteroatoms. The lowest BCUT2D eigenvalue weighted by Gasteiger charge is -2.31. The summed E-state index contributed by atoms with van der Waals surface area (Å²) in [5, 5.41) is 0. The van der Waals surface area contributed by atoms with Gasteiger partial charge in [0, 0.05) is 44.5 Å². The largest absolute Gasteiger partial charge is 0.356 e. The third-order valence-corrected chi connectivity index (χ3v) is 5.42. The van der Waals surface area contributed by atoms with Gasteiger partial charge in [-0.3, -0.25) is 0 Å². The average Bonchev–Trinajstić information content (AvgIpc) is 2.91. The monoisotopic (exact) mass is 272 g/mol. The lowest BCUT2D eigenvalue weighted by atomic mass is 9.85. The molecule has 4 nitrogen and oxygen atoms in total. The van der Waals surface area contributed by atoms with E-state index in [9.17, 15) is 0 Å². The molecular formula is C16H24N4. The van der Waals surface area contributed by atoms with Crippen LogP contribution in [0.1, 0.15) is 25.0 Å². The summed E-state index contributed by atoms with van der Waals surface area (Å²) in [4.78, 5) is 13.8. The summed E-state index contributed by atoms with van der Waals surface area (Å²) in [6.45, 7) is 8.39. The van der Waals surface area contributed by atoms with Crippen molar-refractivity contribution in [2.45, 2.75) is 26.2 Å². The summed E-state index contributed by atoms with van der Waals surface area (Å²) < 4.78 is 0. The van der Waals surface area contributed by atoms with Gasteiger partial charge in [0.1, 0.15) is 12.1 Å². The molecule has 0 spiro atoms. The van der Waals surface area contributed by atoms with Crippen LogP contribution in [-0.4, -0.2) is 47.6 Å². The van der Waals surface area contributed by atoms with E-state index >= 15 is 0 Å². The Hall–Kier alpha value is -1.16. The Morgan fingerprint density at radius 3 is 2.45 bits per heavy atom. The molecule has 3 aliphatic rings. The lowest BCUT2D eigenvalue weighted by molar-refractivity contribution is 0.197. The summed E-state index contributed by atoms with van der Waals surface area (Å²) in [6.07, 6.45) is 6.10. The molecule has 108 valence electrons. The van der Waals surface area contributed by atoms with Gasteiger partial charge in [-0.25, -0.2) is 9.97 Å². The standard InChI is InChI=1S/C16H24N4/c1-12-5-16(18-11-17-12)20-9-14-7-19(8-15(14)10-20)6-13-3-2-4-13/h5,11,13-15H,2-4,6-10H2,1H3. The number of hydrogen-bond donors (Lipinski definition) is 0. The third-order valence-electron chi connectivity index (χ3n) is 5.42. The fourth-order valence-corrected chi connectivity index (χ4v) is 4.08. The van der Waals surface area contributed by atoms with Gasteiger partial charge in [-0.05, 0) is 37.5 Å². The van der Waals surface area contributed by atoms with Gasteiger partial charge in [0.2, 0.25) is 0 Å². The SMILES string of the molecule is Cc1cc(N2CC3CN(CC4CCC4)CC3C2)ncn1. The van der Waals surface area contributed by atoms with Crippen molar-refractivity contribution < 1.29 is 0 Å². The van der Waals surface area contributed by atoms with Crippen molar-refractivity contribution in [2.75, 3.05) is 37.6 Å². The summed E-state index contributed by atoms with van der Waals surface area (Å²) >= 11 is 0.